The van der Waals surface area contributed by atoms with Gasteiger partial charge in [-0.3, -0.25) is 14.9 Å². The SMILES string of the molecule is COc1cc2c(cc1/C=C1/C(=O)NC(=O)N(c3ccc(C)c(C)c3)C1=O)C(C)=CC(C)(C)N2C. The molecule has 0 saturated carbocycles. The lowest BCUT2D eigenvalue weighted by Crippen LogP contribution is -2.54. The molecule has 2 aromatic carbocycles. The molecule has 4 amide bonds. The third kappa shape index (κ3) is 3.77. The molecule has 7 nitrogen and oxygen atoms in total. The standard InChI is InChI=1S/C27H29N3O4/c1-15-8-9-19(10-16(15)2)30-25(32)21(24(31)28-26(30)33)12-18-11-20-17(3)14-27(4,5)29(6)22(20)13-23(18)34-7/h8-14H,1-7H3,(H,28,31,33)/b21-12-. The minimum atomic E-state index is -0.768. The Labute approximate surface area is 199 Å². The number of benzene rings is 2. The number of rotatable bonds is 3. The number of barbiturate groups is 1. The Bertz CT molecular complexity index is 1300. The number of methoxy groups -OCH3 is 1. The summed E-state index contributed by atoms with van der Waals surface area (Å²) >= 11 is 0. The maximum Gasteiger partial charge on any atom is 0.335 e. The average molecular weight is 460 g/mol. The highest BCUT2D eigenvalue weighted by Crippen LogP contribution is 2.42. The number of anilines is 2. The number of amides is 4. The van der Waals surface area contributed by atoms with E-state index < -0.39 is 17.8 Å². The second kappa shape index (κ2) is 8.17. The van der Waals surface area contributed by atoms with Gasteiger partial charge in [0, 0.05) is 29.9 Å². The second-order valence-corrected chi connectivity index (χ2v) is 9.38. The Kier molecular flexibility index (Phi) is 5.59. The van der Waals surface area contributed by atoms with Gasteiger partial charge in [0.2, 0.25) is 0 Å². The van der Waals surface area contributed by atoms with E-state index in [-0.39, 0.29) is 11.1 Å². The van der Waals surface area contributed by atoms with Crippen LogP contribution in [0.25, 0.3) is 11.6 Å². The predicted octanol–water partition coefficient (Wildman–Crippen LogP) is 4.61. The van der Waals surface area contributed by atoms with Crippen molar-refractivity contribution in [1.82, 2.24) is 5.32 Å². The summed E-state index contributed by atoms with van der Waals surface area (Å²) in [5.74, 6) is -0.888. The Morgan fingerprint density at radius 1 is 1.00 bits per heavy atom. The van der Waals surface area contributed by atoms with Crippen LogP contribution in [-0.4, -0.2) is 37.5 Å². The van der Waals surface area contributed by atoms with Gasteiger partial charge in [0.05, 0.1) is 18.3 Å². The molecular weight excluding hydrogens is 430 g/mol. The molecule has 0 unspecified atom stereocenters. The van der Waals surface area contributed by atoms with Crippen LogP contribution in [0.3, 0.4) is 0 Å². The van der Waals surface area contributed by atoms with Crippen LogP contribution in [0.5, 0.6) is 5.75 Å². The zero-order valence-corrected chi connectivity index (χ0v) is 20.6. The van der Waals surface area contributed by atoms with Crippen molar-refractivity contribution in [1.29, 1.82) is 0 Å². The average Bonchev–Trinajstić information content (AvgIpc) is 2.76. The van der Waals surface area contributed by atoms with Crippen LogP contribution in [-0.2, 0) is 9.59 Å². The molecule has 176 valence electrons. The lowest BCUT2D eigenvalue weighted by Gasteiger charge is -2.41. The van der Waals surface area contributed by atoms with Crippen LogP contribution in [0.4, 0.5) is 16.2 Å². The summed E-state index contributed by atoms with van der Waals surface area (Å²) in [7, 11) is 3.57. The van der Waals surface area contributed by atoms with E-state index in [1.165, 1.54) is 6.08 Å². The molecule has 1 N–H and O–H groups in total. The molecule has 0 aliphatic carbocycles. The molecule has 0 aromatic heterocycles. The van der Waals surface area contributed by atoms with Gasteiger partial charge < -0.3 is 9.64 Å². The molecule has 1 saturated heterocycles. The highest BCUT2D eigenvalue weighted by atomic mass is 16.5. The number of allylic oxidation sites excluding steroid dienone is 1. The van der Waals surface area contributed by atoms with Crippen LogP contribution < -0.4 is 19.9 Å². The molecular formula is C27H29N3O4. The van der Waals surface area contributed by atoms with Crippen molar-refractivity contribution in [3.63, 3.8) is 0 Å². The summed E-state index contributed by atoms with van der Waals surface area (Å²) in [4.78, 5) is 41.8. The zero-order valence-electron chi connectivity index (χ0n) is 20.6. The van der Waals surface area contributed by atoms with Gasteiger partial charge in [-0.2, -0.15) is 0 Å². The number of hydrogen-bond acceptors (Lipinski definition) is 5. The maximum atomic E-state index is 13.4. The Hall–Kier alpha value is -3.87. The van der Waals surface area contributed by atoms with E-state index in [2.05, 4.69) is 30.1 Å². The highest BCUT2D eigenvalue weighted by molar-refractivity contribution is 6.39. The van der Waals surface area contributed by atoms with Gasteiger partial charge in [-0.25, -0.2) is 9.69 Å². The van der Waals surface area contributed by atoms with Crippen molar-refractivity contribution < 1.29 is 19.1 Å². The Morgan fingerprint density at radius 3 is 2.35 bits per heavy atom. The Morgan fingerprint density at radius 2 is 1.71 bits per heavy atom. The maximum absolute atomic E-state index is 13.4. The lowest BCUT2D eigenvalue weighted by atomic mass is 9.88. The van der Waals surface area contributed by atoms with Crippen molar-refractivity contribution in [3.05, 3.63) is 64.2 Å². The fraction of sp³-hybridized carbons (Fsp3) is 0.296. The molecule has 0 atom stereocenters. The van der Waals surface area contributed by atoms with E-state index >= 15 is 0 Å². The summed E-state index contributed by atoms with van der Waals surface area (Å²) in [6, 6.07) is 8.35. The van der Waals surface area contributed by atoms with Crippen LogP contribution in [0.1, 0.15) is 43.0 Å². The van der Waals surface area contributed by atoms with Gasteiger partial charge in [-0.05, 0) is 75.6 Å². The van der Waals surface area contributed by atoms with E-state index in [0.717, 1.165) is 32.9 Å². The first-order valence-corrected chi connectivity index (χ1v) is 11.1. The number of carbonyl (C=O) groups is 3. The first kappa shape index (κ1) is 23.3. The van der Waals surface area contributed by atoms with Gasteiger partial charge in [0.25, 0.3) is 11.8 Å². The van der Waals surface area contributed by atoms with Crippen molar-refractivity contribution in [2.45, 2.75) is 40.2 Å². The number of carbonyl (C=O) groups excluding carboxylic acids is 3. The summed E-state index contributed by atoms with van der Waals surface area (Å²) in [5, 5.41) is 2.29. The van der Waals surface area contributed by atoms with Crippen LogP contribution in [0.2, 0.25) is 0 Å². The van der Waals surface area contributed by atoms with Gasteiger partial charge in [0.15, 0.2) is 0 Å². The number of ether oxygens (including phenoxy) is 1. The minimum absolute atomic E-state index is 0.137. The number of nitrogens with zero attached hydrogens (tertiary/aromatic N) is 2. The fourth-order valence-electron chi connectivity index (χ4n) is 4.40. The first-order valence-electron chi connectivity index (χ1n) is 11.1. The molecule has 0 spiro atoms. The van der Waals surface area contributed by atoms with E-state index in [1.807, 2.05) is 46.0 Å². The van der Waals surface area contributed by atoms with Crippen LogP contribution in [0.15, 0.2) is 42.0 Å². The Balaban J connectivity index is 1.82. The molecule has 7 heteroatoms. The lowest BCUT2D eigenvalue weighted by molar-refractivity contribution is -0.122. The molecule has 4 rings (SSSR count). The van der Waals surface area contributed by atoms with E-state index in [9.17, 15) is 14.4 Å². The van der Waals surface area contributed by atoms with Gasteiger partial charge >= 0.3 is 6.03 Å². The fourth-order valence-corrected chi connectivity index (χ4v) is 4.40. The van der Waals surface area contributed by atoms with Crippen molar-refractivity contribution in [3.8, 4) is 5.75 Å². The number of fused-ring (bicyclic) bond motifs is 1. The van der Waals surface area contributed by atoms with E-state index in [0.29, 0.717) is 17.0 Å². The number of hydrogen-bond donors (Lipinski definition) is 1. The summed E-state index contributed by atoms with van der Waals surface area (Å²) < 4.78 is 5.62. The number of aryl methyl sites for hydroxylation is 2. The normalized spacial score (nSPS) is 18.6. The number of nitrogens with one attached hydrogen (secondary N) is 1. The number of likely N-dealkylation sites (N-methyl/N-ethyl adjacent to an activating group) is 1. The third-order valence-corrected chi connectivity index (χ3v) is 6.72. The van der Waals surface area contributed by atoms with E-state index in [1.54, 1.807) is 19.2 Å². The van der Waals surface area contributed by atoms with Gasteiger partial charge in [0.1, 0.15) is 11.3 Å². The molecule has 1 fully saturated rings. The topological polar surface area (TPSA) is 79.0 Å². The minimum Gasteiger partial charge on any atom is -0.496 e. The molecule has 0 bridgehead atoms. The van der Waals surface area contributed by atoms with Gasteiger partial charge in [-0.1, -0.05) is 12.1 Å². The van der Waals surface area contributed by atoms with Crippen molar-refractivity contribution in [2.24, 2.45) is 0 Å². The first-order chi connectivity index (χ1) is 15.9. The molecule has 34 heavy (non-hydrogen) atoms. The molecule has 2 heterocycles. The smallest absolute Gasteiger partial charge is 0.335 e. The monoisotopic (exact) mass is 459 g/mol. The number of urea groups is 1. The second-order valence-electron chi connectivity index (χ2n) is 9.38. The van der Waals surface area contributed by atoms with E-state index in [4.69, 9.17) is 4.74 Å². The van der Waals surface area contributed by atoms with Crippen molar-refractivity contribution >= 4 is 40.9 Å². The third-order valence-electron chi connectivity index (χ3n) is 6.72. The molecule has 2 aliphatic heterocycles. The van der Waals surface area contributed by atoms with Crippen LogP contribution in [0, 0.1) is 13.8 Å². The summed E-state index contributed by atoms with van der Waals surface area (Å²) in [6.07, 6.45) is 3.67. The van der Waals surface area contributed by atoms with Crippen LogP contribution >= 0.6 is 0 Å². The highest BCUT2D eigenvalue weighted by Gasteiger charge is 2.37. The van der Waals surface area contributed by atoms with Crippen molar-refractivity contribution in [2.75, 3.05) is 24.0 Å². The quantitative estimate of drug-likeness (QED) is 0.536. The predicted molar refractivity (Wildman–Crippen MR) is 134 cm³/mol. The number of imide groups is 2. The summed E-state index contributed by atoms with van der Waals surface area (Å²) in [6.45, 7) is 10.1. The molecule has 2 aromatic rings. The zero-order chi connectivity index (χ0) is 24.9. The molecule has 0 radical (unpaired) electrons. The molecule has 2 aliphatic rings. The largest absolute Gasteiger partial charge is 0.496 e. The summed E-state index contributed by atoms with van der Waals surface area (Å²) in [5.41, 5.74) is 5.72. The van der Waals surface area contributed by atoms with Gasteiger partial charge in [-0.15, -0.1) is 0 Å².